The van der Waals surface area contributed by atoms with Crippen LogP contribution >= 0.6 is 0 Å². The van der Waals surface area contributed by atoms with E-state index in [1.54, 1.807) is 90.1 Å². The molecule has 3 unspecified atom stereocenters. The number of aliphatic hydroxyl groups is 1. The highest BCUT2D eigenvalue weighted by molar-refractivity contribution is 5.94. The third-order valence-electron chi connectivity index (χ3n) is 7.16. The van der Waals surface area contributed by atoms with E-state index in [0.29, 0.717) is 11.1 Å². The summed E-state index contributed by atoms with van der Waals surface area (Å²) < 4.78 is 11.2. The van der Waals surface area contributed by atoms with Gasteiger partial charge >= 0.3 is 12.1 Å². The minimum absolute atomic E-state index is 0.0561. The van der Waals surface area contributed by atoms with Crippen LogP contribution in [-0.2, 0) is 36.7 Å². The van der Waals surface area contributed by atoms with E-state index in [1.807, 2.05) is 36.4 Å². The van der Waals surface area contributed by atoms with Gasteiger partial charge < -0.3 is 30.1 Å². The van der Waals surface area contributed by atoms with Crippen LogP contribution in [0, 0.1) is 12.3 Å². The Kier molecular flexibility index (Phi) is 13.5. The van der Waals surface area contributed by atoms with Gasteiger partial charge in [0.15, 0.2) is 0 Å². The molecule has 0 aliphatic heterocycles. The molecule has 0 saturated carbocycles. The summed E-state index contributed by atoms with van der Waals surface area (Å²) in [5.41, 5.74) is 0.436. The molecule has 0 fully saturated rings. The number of hydrogen-bond acceptors (Lipinski definition) is 7. The number of hydrogen-bond donors (Lipinski definition) is 3. The van der Waals surface area contributed by atoms with Crippen molar-refractivity contribution in [2.45, 2.75) is 83.7 Å². The molecule has 0 heterocycles. The topological polar surface area (TPSA) is 134 Å². The normalized spacial score (nSPS) is 13.2. The Balaban J connectivity index is 2.11. The first-order valence-electron chi connectivity index (χ1n) is 16.2. The van der Waals surface area contributed by atoms with Crippen molar-refractivity contribution in [2.24, 2.45) is 0 Å². The lowest BCUT2D eigenvalue weighted by Crippen LogP contribution is -2.56. The van der Waals surface area contributed by atoms with Gasteiger partial charge in [-0.05, 0) is 64.3 Å². The summed E-state index contributed by atoms with van der Waals surface area (Å²) in [5, 5.41) is 15.7. The molecule has 0 aliphatic carbocycles. The second-order valence-corrected chi connectivity index (χ2v) is 13.6. The van der Waals surface area contributed by atoms with Gasteiger partial charge in [0.2, 0.25) is 11.8 Å². The summed E-state index contributed by atoms with van der Waals surface area (Å²) in [5.74, 6) is 0.511. The van der Waals surface area contributed by atoms with Crippen LogP contribution < -0.4 is 10.6 Å². The highest BCUT2D eigenvalue weighted by Gasteiger charge is 2.39. The zero-order valence-corrected chi connectivity index (χ0v) is 29.1. The number of rotatable bonds is 13. The zero-order valence-electron chi connectivity index (χ0n) is 29.1. The van der Waals surface area contributed by atoms with Crippen LogP contribution in [0.1, 0.15) is 69.8 Å². The lowest BCUT2D eigenvalue weighted by molar-refractivity contribution is -0.159. The number of benzene rings is 3. The molecular weight excluding hydrogens is 622 g/mol. The molecule has 0 aliphatic rings. The molecule has 3 atom stereocenters. The maximum atomic E-state index is 14.6. The third kappa shape index (κ3) is 12.1. The fourth-order valence-electron chi connectivity index (χ4n) is 5.16. The Hall–Kier alpha value is -5.14. The number of alkyl carbamates (subject to hydrolysis) is 1. The van der Waals surface area contributed by atoms with Gasteiger partial charge in [0, 0.05) is 24.9 Å². The Morgan fingerprint density at radius 3 is 1.78 bits per heavy atom. The van der Waals surface area contributed by atoms with Crippen LogP contribution in [0.15, 0.2) is 84.9 Å². The molecule has 260 valence electrons. The number of amides is 3. The van der Waals surface area contributed by atoms with E-state index in [-0.39, 0.29) is 19.4 Å². The van der Waals surface area contributed by atoms with Gasteiger partial charge in [-0.1, -0.05) is 84.8 Å². The van der Waals surface area contributed by atoms with Crippen LogP contribution in [0.4, 0.5) is 4.79 Å². The summed E-state index contributed by atoms with van der Waals surface area (Å²) in [4.78, 5) is 56.8. The summed E-state index contributed by atoms with van der Waals surface area (Å²) >= 11 is 0. The van der Waals surface area contributed by atoms with Crippen molar-refractivity contribution in [1.82, 2.24) is 15.5 Å². The largest absolute Gasteiger partial charge is 0.458 e. The molecule has 3 N–H and O–H groups in total. The highest BCUT2D eigenvalue weighted by Crippen LogP contribution is 2.27. The first-order valence-corrected chi connectivity index (χ1v) is 16.2. The first-order chi connectivity index (χ1) is 23.1. The van der Waals surface area contributed by atoms with Gasteiger partial charge in [-0.2, -0.15) is 0 Å². The van der Waals surface area contributed by atoms with E-state index < -0.39 is 59.8 Å². The van der Waals surface area contributed by atoms with Crippen molar-refractivity contribution < 1.29 is 33.8 Å². The molecule has 10 heteroatoms. The van der Waals surface area contributed by atoms with Gasteiger partial charge in [-0.15, -0.1) is 6.42 Å². The van der Waals surface area contributed by atoms with Crippen LogP contribution in [0.2, 0.25) is 0 Å². The number of aliphatic hydroxyl groups excluding tert-OH is 1. The van der Waals surface area contributed by atoms with Crippen molar-refractivity contribution in [2.75, 3.05) is 13.2 Å². The molecule has 0 bridgehead atoms. The molecule has 0 radical (unpaired) electrons. The van der Waals surface area contributed by atoms with Gasteiger partial charge in [-0.25, -0.2) is 9.59 Å². The Labute approximate surface area is 289 Å². The minimum Gasteiger partial charge on any atom is -0.458 e. The van der Waals surface area contributed by atoms with Crippen molar-refractivity contribution in [3.8, 4) is 12.3 Å². The standard InChI is InChI=1S/C39H47N3O7/c1-8-29-21-15-16-22-30(29)33(34(44)40-32(36(46)48-38(2,3)4)26-28-19-13-10-14-20-28)42(23-24-43)35(45)31(25-27-17-11-9-12-18-27)41-37(47)49-39(5,6)7/h1,9-22,31-33,43H,23-26H2,2-7H3,(H,40,44)(H,41,47). The van der Waals surface area contributed by atoms with E-state index in [2.05, 4.69) is 16.6 Å². The molecule has 3 amide bonds. The first kappa shape index (κ1) is 38.3. The predicted molar refractivity (Wildman–Crippen MR) is 187 cm³/mol. The molecule has 0 spiro atoms. The molecule has 3 aromatic carbocycles. The van der Waals surface area contributed by atoms with Crippen LogP contribution in [0.5, 0.6) is 0 Å². The lowest BCUT2D eigenvalue weighted by atomic mass is 9.96. The molecule has 0 aromatic heterocycles. The minimum atomic E-state index is -1.41. The number of nitrogens with one attached hydrogen (secondary N) is 2. The van der Waals surface area contributed by atoms with E-state index in [1.165, 1.54) is 4.90 Å². The van der Waals surface area contributed by atoms with Crippen LogP contribution in [0.3, 0.4) is 0 Å². The second-order valence-electron chi connectivity index (χ2n) is 13.6. The van der Waals surface area contributed by atoms with E-state index in [4.69, 9.17) is 15.9 Å². The lowest BCUT2D eigenvalue weighted by Gasteiger charge is -2.35. The third-order valence-corrected chi connectivity index (χ3v) is 7.16. The fraction of sp³-hybridized carbons (Fsp3) is 0.385. The summed E-state index contributed by atoms with van der Waals surface area (Å²) in [7, 11) is 0. The summed E-state index contributed by atoms with van der Waals surface area (Å²) in [6, 6.07) is 21.0. The second kappa shape index (κ2) is 17.3. The van der Waals surface area contributed by atoms with Crippen LogP contribution in [-0.4, -0.2) is 70.3 Å². The number of carbonyl (C=O) groups is 4. The molecule has 49 heavy (non-hydrogen) atoms. The van der Waals surface area contributed by atoms with E-state index >= 15 is 0 Å². The highest BCUT2D eigenvalue weighted by atomic mass is 16.6. The van der Waals surface area contributed by atoms with Crippen LogP contribution in [0.25, 0.3) is 0 Å². The molecule has 3 aromatic rings. The van der Waals surface area contributed by atoms with Gasteiger partial charge in [0.25, 0.3) is 0 Å². The molecule has 3 rings (SSSR count). The van der Waals surface area contributed by atoms with Crippen molar-refractivity contribution in [3.63, 3.8) is 0 Å². The Morgan fingerprint density at radius 1 is 0.755 bits per heavy atom. The molecular formula is C39H47N3O7. The van der Waals surface area contributed by atoms with E-state index in [9.17, 15) is 24.3 Å². The fourth-order valence-corrected chi connectivity index (χ4v) is 5.16. The van der Waals surface area contributed by atoms with Crippen molar-refractivity contribution >= 4 is 23.9 Å². The van der Waals surface area contributed by atoms with Crippen molar-refractivity contribution in [3.05, 3.63) is 107 Å². The van der Waals surface area contributed by atoms with Gasteiger partial charge in [-0.3, -0.25) is 9.59 Å². The smallest absolute Gasteiger partial charge is 0.408 e. The van der Waals surface area contributed by atoms with Gasteiger partial charge in [0.05, 0.1) is 6.61 Å². The average molecular weight is 670 g/mol. The number of terminal acetylenes is 1. The SMILES string of the molecule is C#Cc1ccccc1C(C(=O)NC(Cc1ccccc1)C(=O)OC(C)(C)C)N(CCO)C(=O)C(Cc1ccccc1)NC(=O)OC(C)(C)C. The van der Waals surface area contributed by atoms with E-state index in [0.717, 1.165) is 11.1 Å². The maximum absolute atomic E-state index is 14.6. The maximum Gasteiger partial charge on any atom is 0.408 e. The van der Waals surface area contributed by atoms with Gasteiger partial charge in [0.1, 0.15) is 29.3 Å². The Bertz CT molecular complexity index is 1610. The zero-order chi connectivity index (χ0) is 36.2. The summed E-state index contributed by atoms with van der Waals surface area (Å²) in [6.45, 7) is 9.47. The Morgan fingerprint density at radius 2 is 1.27 bits per heavy atom. The molecule has 0 saturated heterocycles. The summed E-state index contributed by atoms with van der Waals surface area (Å²) in [6.07, 6.45) is 5.20. The predicted octanol–water partition coefficient (Wildman–Crippen LogP) is 4.74. The molecule has 10 nitrogen and oxygen atoms in total. The number of esters is 1. The van der Waals surface area contributed by atoms with Crippen molar-refractivity contribution in [1.29, 1.82) is 0 Å². The monoisotopic (exact) mass is 669 g/mol. The quantitative estimate of drug-likeness (QED) is 0.177. The number of carbonyl (C=O) groups excluding carboxylic acids is 4. The average Bonchev–Trinajstić information content (AvgIpc) is 3.03. The number of ether oxygens (including phenoxy) is 2. The number of nitrogens with zero attached hydrogens (tertiary/aromatic N) is 1.